The monoisotopic (exact) mass is 336 g/mol. The van der Waals surface area contributed by atoms with Crippen molar-refractivity contribution in [3.8, 4) is 0 Å². The summed E-state index contributed by atoms with van der Waals surface area (Å²) in [6.45, 7) is 2.75. The SMILES string of the molecule is O=C(Cc1ccsc1)NC[C@@H](c1ccoc1)N1CCSCC1. The zero-order chi connectivity index (χ0) is 15.2. The lowest BCUT2D eigenvalue weighted by atomic mass is 10.1. The maximum atomic E-state index is 12.1. The molecule has 0 aliphatic carbocycles. The zero-order valence-corrected chi connectivity index (χ0v) is 14.0. The first-order valence-corrected chi connectivity index (χ1v) is 9.54. The van der Waals surface area contributed by atoms with Crippen LogP contribution < -0.4 is 5.32 Å². The van der Waals surface area contributed by atoms with E-state index >= 15 is 0 Å². The Morgan fingerprint density at radius 2 is 2.23 bits per heavy atom. The summed E-state index contributed by atoms with van der Waals surface area (Å²) in [4.78, 5) is 14.6. The first-order valence-electron chi connectivity index (χ1n) is 7.44. The zero-order valence-electron chi connectivity index (χ0n) is 12.4. The Morgan fingerprint density at radius 1 is 1.36 bits per heavy atom. The minimum atomic E-state index is 0.0817. The van der Waals surface area contributed by atoms with E-state index in [2.05, 4.69) is 10.2 Å². The highest BCUT2D eigenvalue weighted by molar-refractivity contribution is 7.99. The van der Waals surface area contributed by atoms with Gasteiger partial charge >= 0.3 is 0 Å². The van der Waals surface area contributed by atoms with E-state index in [0.29, 0.717) is 13.0 Å². The molecule has 1 atom stereocenters. The third-order valence-corrected chi connectivity index (χ3v) is 5.53. The van der Waals surface area contributed by atoms with Crippen LogP contribution in [0.25, 0.3) is 0 Å². The van der Waals surface area contributed by atoms with Crippen molar-refractivity contribution in [2.24, 2.45) is 0 Å². The Kier molecular flexibility index (Phi) is 5.58. The topological polar surface area (TPSA) is 45.5 Å². The second kappa shape index (κ2) is 7.85. The molecule has 3 heterocycles. The number of amides is 1. The average Bonchev–Trinajstić information content (AvgIpc) is 3.22. The summed E-state index contributed by atoms with van der Waals surface area (Å²) in [5.74, 6) is 2.38. The fourth-order valence-corrected chi connectivity index (χ4v) is 4.26. The fourth-order valence-electron chi connectivity index (χ4n) is 2.66. The number of furan rings is 1. The molecule has 2 aromatic heterocycles. The number of thioether (sulfide) groups is 1. The molecular formula is C16H20N2O2S2. The smallest absolute Gasteiger partial charge is 0.224 e. The van der Waals surface area contributed by atoms with Crippen LogP contribution in [0.2, 0.25) is 0 Å². The molecule has 0 spiro atoms. The van der Waals surface area contributed by atoms with Gasteiger partial charge in [0.25, 0.3) is 0 Å². The lowest BCUT2D eigenvalue weighted by molar-refractivity contribution is -0.120. The highest BCUT2D eigenvalue weighted by atomic mass is 32.2. The Balaban J connectivity index is 1.59. The molecule has 6 heteroatoms. The predicted molar refractivity (Wildman–Crippen MR) is 91.4 cm³/mol. The molecule has 4 nitrogen and oxygen atoms in total. The molecule has 1 saturated heterocycles. The van der Waals surface area contributed by atoms with Crippen LogP contribution in [-0.4, -0.2) is 41.9 Å². The van der Waals surface area contributed by atoms with Gasteiger partial charge in [-0.05, 0) is 28.5 Å². The Morgan fingerprint density at radius 3 is 2.91 bits per heavy atom. The van der Waals surface area contributed by atoms with Crippen molar-refractivity contribution in [1.29, 1.82) is 0 Å². The van der Waals surface area contributed by atoms with Crippen molar-refractivity contribution in [3.63, 3.8) is 0 Å². The molecule has 0 bridgehead atoms. The van der Waals surface area contributed by atoms with E-state index in [0.717, 1.165) is 35.7 Å². The largest absolute Gasteiger partial charge is 0.472 e. The van der Waals surface area contributed by atoms with E-state index < -0.39 is 0 Å². The predicted octanol–water partition coefficient (Wildman–Crippen LogP) is 2.79. The van der Waals surface area contributed by atoms with Crippen LogP contribution in [0.5, 0.6) is 0 Å². The molecule has 118 valence electrons. The van der Waals surface area contributed by atoms with E-state index in [9.17, 15) is 4.79 Å². The van der Waals surface area contributed by atoms with Crippen LogP contribution in [-0.2, 0) is 11.2 Å². The van der Waals surface area contributed by atoms with E-state index in [-0.39, 0.29) is 11.9 Å². The van der Waals surface area contributed by atoms with Crippen LogP contribution >= 0.6 is 23.1 Å². The second-order valence-corrected chi connectivity index (χ2v) is 7.34. The minimum absolute atomic E-state index is 0.0817. The first-order chi connectivity index (χ1) is 10.8. The van der Waals surface area contributed by atoms with Gasteiger partial charge in [0.2, 0.25) is 5.91 Å². The van der Waals surface area contributed by atoms with Gasteiger partial charge in [-0.1, -0.05) is 0 Å². The third-order valence-electron chi connectivity index (χ3n) is 3.85. The highest BCUT2D eigenvalue weighted by Gasteiger charge is 2.23. The van der Waals surface area contributed by atoms with Crippen LogP contribution in [0.1, 0.15) is 17.2 Å². The van der Waals surface area contributed by atoms with Gasteiger partial charge in [-0.25, -0.2) is 0 Å². The Hall–Kier alpha value is -1.24. The molecule has 0 aromatic carbocycles. The fraction of sp³-hybridized carbons (Fsp3) is 0.438. The van der Waals surface area contributed by atoms with Gasteiger partial charge in [0.1, 0.15) is 0 Å². The van der Waals surface area contributed by atoms with Gasteiger partial charge in [0.05, 0.1) is 25.0 Å². The number of hydrogen-bond donors (Lipinski definition) is 1. The van der Waals surface area contributed by atoms with Crippen LogP contribution in [0, 0.1) is 0 Å². The number of carbonyl (C=O) groups is 1. The second-order valence-electron chi connectivity index (χ2n) is 5.33. The van der Waals surface area contributed by atoms with Crippen molar-refractivity contribution in [2.75, 3.05) is 31.1 Å². The van der Waals surface area contributed by atoms with Gasteiger partial charge in [-0.15, -0.1) is 0 Å². The number of nitrogens with zero attached hydrogens (tertiary/aromatic N) is 1. The van der Waals surface area contributed by atoms with Crippen LogP contribution in [0.3, 0.4) is 0 Å². The number of nitrogens with one attached hydrogen (secondary N) is 1. The van der Waals surface area contributed by atoms with Gasteiger partial charge < -0.3 is 9.73 Å². The van der Waals surface area contributed by atoms with Crippen molar-refractivity contribution >= 4 is 29.0 Å². The third kappa shape index (κ3) is 4.15. The van der Waals surface area contributed by atoms with Gasteiger partial charge in [-0.3, -0.25) is 9.69 Å². The van der Waals surface area contributed by atoms with Crippen molar-refractivity contribution < 1.29 is 9.21 Å². The quantitative estimate of drug-likeness (QED) is 0.881. The molecule has 2 aromatic rings. The number of thiophene rings is 1. The number of rotatable bonds is 6. The lowest BCUT2D eigenvalue weighted by Crippen LogP contribution is -2.42. The maximum absolute atomic E-state index is 12.1. The summed E-state index contributed by atoms with van der Waals surface area (Å²) < 4.78 is 5.24. The highest BCUT2D eigenvalue weighted by Crippen LogP contribution is 2.24. The summed E-state index contributed by atoms with van der Waals surface area (Å²) >= 11 is 3.61. The van der Waals surface area contributed by atoms with E-state index in [1.807, 2.05) is 34.7 Å². The van der Waals surface area contributed by atoms with E-state index in [1.165, 1.54) is 0 Å². The Bertz CT molecular complexity index is 563. The normalized spacial score (nSPS) is 17.3. The molecule has 0 saturated carbocycles. The van der Waals surface area contributed by atoms with E-state index in [1.54, 1.807) is 23.9 Å². The summed E-state index contributed by atoms with van der Waals surface area (Å²) in [7, 11) is 0. The summed E-state index contributed by atoms with van der Waals surface area (Å²) in [6, 6.07) is 4.20. The molecule has 22 heavy (non-hydrogen) atoms. The molecule has 1 fully saturated rings. The van der Waals surface area contributed by atoms with Crippen LogP contribution in [0.4, 0.5) is 0 Å². The minimum Gasteiger partial charge on any atom is -0.472 e. The molecule has 0 unspecified atom stereocenters. The molecule has 1 aliphatic rings. The maximum Gasteiger partial charge on any atom is 0.224 e. The molecule has 1 N–H and O–H groups in total. The standard InChI is InChI=1S/C16H20N2O2S2/c19-16(9-13-2-6-22-12-13)17-10-15(14-1-5-20-11-14)18-3-7-21-8-4-18/h1-2,5-6,11-12,15H,3-4,7-10H2,(H,17,19)/t15-/m0/s1. The van der Waals surface area contributed by atoms with Crippen molar-refractivity contribution in [1.82, 2.24) is 10.2 Å². The summed E-state index contributed by atoms with van der Waals surface area (Å²) in [5, 5.41) is 7.11. The molecular weight excluding hydrogens is 316 g/mol. The first kappa shape index (κ1) is 15.6. The summed E-state index contributed by atoms with van der Waals surface area (Å²) in [5.41, 5.74) is 2.22. The average molecular weight is 336 g/mol. The molecule has 3 rings (SSSR count). The lowest BCUT2D eigenvalue weighted by Gasteiger charge is -2.34. The van der Waals surface area contributed by atoms with Gasteiger partial charge in [0.15, 0.2) is 0 Å². The van der Waals surface area contributed by atoms with Crippen molar-refractivity contribution in [3.05, 3.63) is 46.5 Å². The Labute approximate surface area is 138 Å². The van der Waals surface area contributed by atoms with E-state index in [4.69, 9.17) is 4.42 Å². The summed E-state index contributed by atoms with van der Waals surface area (Å²) in [6.07, 6.45) is 3.95. The molecule has 0 radical (unpaired) electrons. The molecule has 1 aliphatic heterocycles. The van der Waals surface area contributed by atoms with Gasteiger partial charge in [0, 0.05) is 36.7 Å². The number of hydrogen-bond acceptors (Lipinski definition) is 5. The van der Waals surface area contributed by atoms with Gasteiger partial charge in [-0.2, -0.15) is 23.1 Å². The molecule has 1 amide bonds. The van der Waals surface area contributed by atoms with Crippen molar-refractivity contribution in [2.45, 2.75) is 12.5 Å². The number of carbonyl (C=O) groups excluding carboxylic acids is 1. The van der Waals surface area contributed by atoms with Crippen LogP contribution in [0.15, 0.2) is 39.8 Å².